The predicted octanol–water partition coefficient (Wildman–Crippen LogP) is 3.12. The average molecular weight is 501 g/mol. The summed E-state index contributed by atoms with van der Waals surface area (Å²) in [7, 11) is 4.55. The summed E-state index contributed by atoms with van der Waals surface area (Å²) < 4.78 is 27.8. The molecule has 0 saturated carbocycles. The van der Waals surface area contributed by atoms with Gasteiger partial charge in [0.25, 0.3) is 11.8 Å². The maximum Gasteiger partial charge on any atom is 0.260 e. The van der Waals surface area contributed by atoms with Crippen molar-refractivity contribution in [2.75, 3.05) is 60.7 Å². The number of methoxy groups -OCH3 is 3. The van der Waals surface area contributed by atoms with Crippen LogP contribution in [0.4, 0.5) is 0 Å². The zero-order valence-corrected chi connectivity index (χ0v) is 21.7. The van der Waals surface area contributed by atoms with Gasteiger partial charge in [0.1, 0.15) is 5.75 Å². The smallest absolute Gasteiger partial charge is 0.260 e. The molecule has 0 aliphatic carbocycles. The van der Waals surface area contributed by atoms with Crippen LogP contribution in [0, 0.1) is 5.92 Å². The van der Waals surface area contributed by atoms with Crippen LogP contribution >= 0.6 is 0 Å². The fourth-order valence-corrected chi connectivity index (χ4v) is 4.12. The number of amides is 2. The highest BCUT2D eigenvalue weighted by atomic mass is 16.5. The summed E-state index contributed by atoms with van der Waals surface area (Å²) >= 11 is 0. The van der Waals surface area contributed by atoms with Gasteiger partial charge in [0.2, 0.25) is 5.75 Å². The van der Waals surface area contributed by atoms with Crippen LogP contribution in [0.1, 0.15) is 24.2 Å². The number of hydrogen-bond acceptors (Lipinski definition) is 7. The Morgan fingerprint density at radius 1 is 1.06 bits per heavy atom. The molecule has 1 aliphatic heterocycles. The third-order valence-corrected chi connectivity index (χ3v) is 5.81. The first-order valence-corrected chi connectivity index (χ1v) is 12.0. The third kappa shape index (κ3) is 7.04. The van der Waals surface area contributed by atoms with Crippen molar-refractivity contribution in [1.29, 1.82) is 0 Å². The Balaban J connectivity index is 1.70. The van der Waals surface area contributed by atoms with Gasteiger partial charge in [-0.3, -0.25) is 9.59 Å². The molecule has 2 aromatic rings. The van der Waals surface area contributed by atoms with Gasteiger partial charge >= 0.3 is 0 Å². The highest BCUT2D eigenvalue weighted by Crippen LogP contribution is 2.38. The minimum atomic E-state index is -0.316. The first kappa shape index (κ1) is 27.1. The lowest BCUT2D eigenvalue weighted by atomic mass is 10.1. The lowest BCUT2D eigenvalue weighted by Crippen LogP contribution is -2.52. The molecule has 2 amide bonds. The molecule has 9 nitrogen and oxygen atoms in total. The zero-order chi connectivity index (χ0) is 26.1. The molecule has 196 valence electrons. The van der Waals surface area contributed by atoms with Crippen LogP contribution in [0.3, 0.4) is 0 Å². The van der Waals surface area contributed by atoms with E-state index in [9.17, 15) is 9.59 Å². The fraction of sp³-hybridized carbons (Fsp3) is 0.481. The quantitative estimate of drug-likeness (QED) is 0.469. The molecule has 1 heterocycles. The Hall–Kier alpha value is -3.46. The van der Waals surface area contributed by atoms with Gasteiger partial charge in [-0.25, -0.2) is 0 Å². The molecule has 1 fully saturated rings. The lowest BCUT2D eigenvalue weighted by molar-refractivity contribution is -0.141. The molecule has 1 saturated heterocycles. The van der Waals surface area contributed by atoms with Crippen molar-refractivity contribution in [3.63, 3.8) is 0 Å². The molecule has 1 atom stereocenters. The van der Waals surface area contributed by atoms with Crippen LogP contribution in [0.5, 0.6) is 23.0 Å². The number of morpholine rings is 1. The molecule has 0 bridgehead atoms. The normalized spacial score (nSPS) is 15.4. The number of nitrogens with zero attached hydrogens (tertiary/aromatic N) is 2. The van der Waals surface area contributed by atoms with Crippen LogP contribution in [0.25, 0.3) is 0 Å². The maximum atomic E-state index is 13.6. The van der Waals surface area contributed by atoms with E-state index in [1.54, 1.807) is 21.9 Å². The van der Waals surface area contributed by atoms with E-state index in [0.29, 0.717) is 61.3 Å². The van der Waals surface area contributed by atoms with Gasteiger partial charge in [-0.1, -0.05) is 32.0 Å². The highest BCUT2D eigenvalue weighted by molar-refractivity contribution is 5.95. The molecule has 3 rings (SSSR count). The molecule has 36 heavy (non-hydrogen) atoms. The first-order chi connectivity index (χ1) is 17.4. The number of benzene rings is 2. The number of rotatable bonds is 11. The number of carbonyl (C=O) groups is 2. The van der Waals surface area contributed by atoms with Gasteiger partial charge in [-0.15, -0.1) is 0 Å². The lowest BCUT2D eigenvalue weighted by Gasteiger charge is -2.36. The third-order valence-electron chi connectivity index (χ3n) is 5.81. The van der Waals surface area contributed by atoms with E-state index < -0.39 is 0 Å². The van der Waals surface area contributed by atoms with Gasteiger partial charge in [-0.05, 0) is 30.2 Å². The summed E-state index contributed by atoms with van der Waals surface area (Å²) in [6.07, 6.45) is -0.316. The summed E-state index contributed by atoms with van der Waals surface area (Å²) in [4.78, 5) is 29.8. The van der Waals surface area contributed by atoms with Crippen molar-refractivity contribution in [3.8, 4) is 23.0 Å². The van der Waals surface area contributed by atoms with E-state index in [4.69, 9.17) is 23.7 Å². The number of ether oxygens (including phenoxy) is 5. The fourth-order valence-electron chi connectivity index (χ4n) is 4.12. The van der Waals surface area contributed by atoms with E-state index in [1.807, 2.05) is 44.2 Å². The average Bonchev–Trinajstić information content (AvgIpc) is 2.90. The van der Waals surface area contributed by atoms with E-state index in [1.165, 1.54) is 21.3 Å². The van der Waals surface area contributed by atoms with Crippen molar-refractivity contribution in [2.45, 2.75) is 20.0 Å². The standard InChI is InChI=1S/C27H36N2O7/c1-19(2)15-29(27(31)20-13-23(32-3)26(34-5)24(14-20)33-4)17-22-16-28(11-12-35-22)25(30)18-36-21-9-7-6-8-10-21/h6-10,13-14,19,22H,11-12,15-18H2,1-5H3. The second kappa shape index (κ2) is 13.0. The Bertz CT molecular complexity index is 987. The van der Waals surface area contributed by atoms with Crippen molar-refractivity contribution in [2.24, 2.45) is 5.92 Å². The Morgan fingerprint density at radius 2 is 1.72 bits per heavy atom. The Labute approximate surface area is 212 Å². The minimum absolute atomic E-state index is 0.0448. The second-order valence-electron chi connectivity index (χ2n) is 8.95. The second-order valence-corrected chi connectivity index (χ2v) is 8.95. The zero-order valence-electron chi connectivity index (χ0n) is 21.7. The minimum Gasteiger partial charge on any atom is -0.493 e. The summed E-state index contributed by atoms with van der Waals surface area (Å²) in [5, 5.41) is 0. The van der Waals surface area contributed by atoms with Gasteiger partial charge in [-0.2, -0.15) is 0 Å². The van der Waals surface area contributed by atoms with Crippen molar-refractivity contribution < 1.29 is 33.3 Å². The molecule has 0 N–H and O–H groups in total. The van der Waals surface area contributed by atoms with Crippen LogP contribution in [-0.2, 0) is 9.53 Å². The van der Waals surface area contributed by atoms with E-state index >= 15 is 0 Å². The van der Waals surface area contributed by atoms with Crippen LogP contribution in [-0.4, -0.2) is 88.4 Å². The van der Waals surface area contributed by atoms with Gasteiger partial charge in [0.05, 0.1) is 34.0 Å². The molecular weight excluding hydrogens is 464 g/mol. The molecular formula is C27H36N2O7. The van der Waals surface area contributed by atoms with E-state index in [0.717, 1.165) is 0 Å². The van der Waals surface area contributed by atoms with Gasteiger partial charge < -0.3 is 33.5 Å². The molecule has 2 aromatic carbocycles. The van der Waals surface area contributed by atoms with Gasteiger partial charge in [0.15, 0.2) is 18.1 Å². The van der Waals surface area contributed by atoms with E-state index in [-0.39, 0.29) is 30.4 Å². The number of hydrogen-bond donors (Lipinski definition) is 0. The van der Waals surface area contributed by atoms with Gasteiger partial charge in [0, 0.05) is 31.7 Å². The molecule has 1 unspecified atom stereocenters. The summed E-state index contributed by atoms with van der Waals surface area (Å²) in [5.41, 5.74) is 0.421. The summed E-state index contributed by atoms with van der Waals surface area (Å²) in [6, 6.07) is 12.5. The highest BCUT2D eigenvalue weighted by Gasteiger charge is 2.29. The Morgan fingerprint density at radius 3 is 2.31 bits per heavy atom. The van der Waals surface area contributed by atoms with Crippen LogP contribution < -0.4 is 18.9 Å². The molecule has 1 aliphatic rings. The van der Waals surface area contributed by atoms with E-state index in [2.05, 4.69) is 0 Å². The van der Waals surface area contributed by atoms with Crippen molar-refractivity contribution >= 4 is 11.8 Å². The Kier molecular flexibility index (Phi) is 9.81. The van der Waals surface area contributed by atoms with Crippen molar-refractivity contribution in [1.82, 2.24) is 9.80 Å². The first-order valence-electron chi connectivity index (χ1n) is 12.0. The summed E-state index contributed by atoms with van der Waals surface area (Å²) in [6.45, 7) is 6.19. The van der Waals surface area contributed by atoms with Crippen molar-refractivity contribution in [3.05, 3.63) is 48.0 Å². The molecule has 0 radical (unpaired) electrons. The topological polar surface area (TPSA) is 86.8 Å². The molecule has 9 heteroatoms. The van der Waals surface area contributed by atoms with Crippen LogP contribution in [0.15, 0.2) is 42.5 Å². The predicted molar refractivity (Wildman–Crippen MR) is 135 cm³/mol. The largest absolute Gasteiger partial charge is 0.493 e. The number of carbonyl (C=O) groups excluding carboxylic acids is 2. The maximum absolute atomic E-state index is 13.6. The number of para-hydroxylation sites is 1. The monoisotopic (exact) mass is 500 g/mol. The summed E-state index contributed by atoms with van der Waals surface area (Å²) in [5.74, 6) is 1.84. The SMILES string of the molecule is COc1cc(C(=O)N(CC(C)C)CC2CN(C(=O)COc3ccccc3)CCO2)cc(OC)c1OC. The molecule has 0 spiro atoms. The van der Waals surface area contributed by atoms with Crippen LogP contribution in [0.2, 0.25) is 0 Å². The molecule has 0 aromatic heterocycles.